The van der Waals surface area contributed by atoms with Crippen molar-refractivity contribution in [3.8, 4) is 0 Å². The van der Waals surface area contributed by atoms with Crippen molar-refractivity contribution < 1.29 is 14.0 Å². The van der Waals surface area contributed by atoms with Crippen LogP contribution in [0.15, 0.2) is 29.2 Å². The van der Waals surface area contributed by atoms with Gasteiger partial charge in [0, 0.05) is 13.1 Å². The molecule has 0 unspecified atom stereocenters. The summed E-state index contributed by atoms with van der Waals surface area (Å²) in [5, 5.41) is -0.321. The van der Waals surface area contributed by atoms with E-state index in [4.69, 9.17) is 5.73 Å². The minimum Gasteiger partial charge on any atom is -0.329 e. The van der Waals surface area contributed by atoms with Gasteiger partial charge in [-0.3, -0.25) is 14.5 Å². The normalized spacial score (nSPS) is 16.9. The summed E-state index contributed by atoms with van der Waals surface area (Å²) < 4.78 is 12.7. The number of nitrogens with two attached hydrogens (primary N) is 1. The Hall–Kier alpha value is -1.37. The number of hydrogen-bond donors (Lipinski definition) is 1. The number of rotatable bonds is 3. The highest BCUT2D eigenvalue weighted by Gasteiger charge is 2.34. The van der Waals surface area contributed by atoms with E-state index >= 15 is 0 Å². The SMILES string of the molecule is Cl.NCCN1C(=O)S/C(=C/c2ccc(F)cc2)C1=O. The van der Waals surface area contributed by atoms with Crippen molar-refractivity contribution in [1.82, 2.24) is 4.90 Å². The van der Waals surface area contributed by atoms with Crippen LogP contribution in [0.25, 0.3) is 6.08 Å². The third kappa shape index (κ3) is 3.56. The summed E-state index contributed by atoms with van der Waals surface area (Å²) in [7, 11) is 0. The van der Waals surface area contributed by atoms with E-state index in [1.54, 1.807) is 18.2 Å². The number of benzene rings is 1. The molecule has 19 heavy (non-hydrogen) atoms. The lowest BCUT2D eigenvalue weighted by molar-refractivity contribution is -0.122. The van der Waals surface area contributed by atoms with E-state index in [1.165, 1.54) is 12.1 Å². The predicted molar refractivity (Wildman–Crippen MR) is 75.4 cm³/mol. The zero-order chi connectivity index (χ0) is 13.1. The number of nitrogens with zero attached hydrogens (tertiary/aromatic N) is 1. The Kier molecular flexibility index (Phi) is 5.53. The van der Waals surface area contributed by atoms with Crippen LogP contribution in [0.3, 0.4) is 0 Å². The van der Waals surface area contributed by atoms with Gasteiger partial charge in [0.2, 0.25) is 0 Å². The molecule has 2 rings (SSSR count). The number of carbonyl (C=O) groups is 2. The Morgan fingerprint density at radius 3 is 2.47 bits per heavy atom. The minimum atomic E-state index is -0.347. The van der Waals surface area contributed by atoms with E-state index in [2.05, 4.69) is 0 Å². The van der Waals surface area contributed by atoms with Gasteiger partial charge in [0.1, 0.15) is 5.82 Å². The molecular formula is C12H12ClFN2O2S. The molecule has 0 radical (unpaired) electrons. The van der Waals surface area contributed by atoms with E-state index in [1.807, 2.05) is 0 Å². The summed E-state index contributed by atoms with van der Waals surface area (Å²) in [5.74, 6) is -0.692. The highest BCUT2D eigenvalue weighted by atomic mass is 35.5. The van der Waals surface area contributed by atoms with Gasteiger partial charge in [-0.1, -0.05) is 12.1 Å². The maximum Gasteiger partial charge on any atom is 0.293 e. The van der Waals surface area contributed by atoms with Crippen LogP contribution in [0.1, 0.15) is 5.56 Å². The molecule has 2 amide bonds. The fraction of sp³-hybridized carbons (Fsp3) is 0.167. The molecule has 1 fully saturated rings. The Bertz CT molecular complexity index is 519. The van der Waals surface area contributed by atoms with E-state index in [0.717, 1.165) is 16.7 Å². The first-order chi connectivity index (χ1) is 8.61. The highest BCUT2D eigenvalue weighted by molar-refractivity contribution is 8.18. The Balaban J connectivity index is 0.00000180. The molecule has 1 aromatic carbocycles. The van der Waals surface area contributed by atoms with Gasteiger partial charge in [0.05, 0.1) is 4.91 Å². The summed E-state index contributed by atoms with van der Waals surface area (Å²) in [4.78, 5) is 24.8. The molecule has 0 aliphatic carbocycles. The second-order valence-electron chi connectivity index (χ2n) is 3.67. The van der Waals surface area contributed by atoms with Gasteiger partial charge in [-0.25, -0.2) is 4.39 Å². The summed E-state index contributed by atoms with van der Waals surface area (Å²) in [6.07, 6.45) is 1.57. The van der Waals surface area contributed by atoms with Crippen LogP contribution in [0, 0.1) is 5.82 Å². The van der Waals surface area contributed by atoms with Crippen LogP contribution in [0.4, 0.5) is 9.18 Å². The minimum absolute atomic E-state index is 0. The van der Waals surface area contributed by atoms with Crippen LogP contribution in [-0.2, 0) is 4.79 Å². The lowest BCUT2D eigenvalue weighted by atomic mass is 10.2. The summed E-state index contributed by atoms with van der Waals surface area (Å²) in [6, 6.07) is 5.70. The number of carbonyl (C=O) groups excluding carboxylic acids is 2. The number of hydrogen-bond acceptors (Lipinski definition) is 4. The molecule has 4 nitrogen and oxygen atoms in total. The van der Waals surface area contributed by atoms with Gasteiger partial charge < -0.3 is 5.73 Å². The monoisotopic (exact) mass is 302 g/mol. The average Bonchev–Trinajstić information content (AvgIpc) is 2.60. The predicted octanol–water partition coefficient (Wildman–Crippen LogP) is 2.24. The van der Waals surface area contributed by atoms with Gasteiger partial charge in [-0.2, -0.15) is 0 Å². The van der Waals surface area contributed by atoms with Gasteiger partial charge in [0.25, 0.3) is 11.1 Å². The van der Waals surface area contributed by atoms with Crippen molar-refractivity contribution in [1.29, 1.82) is 0 Å². The van der Waals surface area contributed by atoms with Crippen LogP contribution in [0.2, 0.25) is 0 Å². The largest absolute Gasteiger partial charge is 0.329 e. The standard InChI is InChI=1S/C12H11FN2O2S.ClH/c13-9-3-1-8(2-4-9)7-10-11(16)15(6-5-14)12(17)18-10;/h1-4,7H,5-6,14H2;1H/b10-7+;. The molecule has 0 bridgehead atoms. The average molecular weight is 303 g/mol. The molecule has 7 heteroatoms. The molecule has 1 aliphatic heterocycles. The fourth-order valence-corrected chi connectivity index (χ4v) is 2.40. The second kappa shape index (κ2) is 6.70. The van der Waals surface area contributed by atoms with Gasteiger partial charge in [0.15, 0.2) is 0 Å². The number of amides is 2. The van der Waals surface area contributed by atoms with Crippen molar-refractivity contribution in [2.45, 2.75) is 0 Å². The molecule has 1 aliphatic rings. The first-order valence-corrected chi connectivity index (χ1v) is 6.14. The number of thioether (sulfide) groups is 1. The lowest BCUT2D eigenvalue weighted by Crippen LogP contribution is -2.33. The van der Waals surface area contributed by atoms with Crippen molar-refractivity contribution in [3.63, 3.8) is 0 Å². The maximum atomic E-state index is 12.7. The molecule has 2 N–H and O–H groups in total. The van der Waals surface area contributed by atoms with E-state index in [-0.39, 0.29) is 42.5 Å². The molecule has 0 atom stereocenters. The molecule has 1 saturated heterocycles. The van der Waals surface area contributed by atoms with Gasteiger partial charge in [-0.05, 0) is 35.5 Å². The van der Waals surface area contributed by atoms with Crippen molar-refractivity contribution in [2.75, 3.05) is 13.1 Å². The van der Waals surface area contributed by atoms with E-state index in [9.17, 15) is 14.0 Å². The summed E-state index contributed by atoms with van der Waals surface area (Å²) in [6.45, 7) is 0.452. The topological polar surface area (TPSA) is 63.4 Å². The Morgan fingerprint density at radius 2 is 1.89 bits per heavy atom. The third-order valence-corrected chi connectivity index (χ3v) is 3.30. The number of halogens is 2. The molecule has 0 saturated carbocycles. The maximum absolute atomic E-state index is 12.7. The molecule has 0 spiro atoms. The first kappa shape index (κ1) is 15.7. The zero-order valence-corrected chi connectivity index (χ0v) is 11.5. The fourth-order valence-electron chi connectivity index (χ4n) is 1.53. The van der Waals surface area contributed by atoms with Gasteiger partial charge in [-0.15, -0.1) is 12.4 Å². The van der Waals surface area contributed by atoms with Crippen LogP contribution in [0.5, 0.6) is 0 Å². The highest BCUT2D eigenvalue weighted by Crippen LogP contribution is 2.31. The lowest BCUT2D eigenvalue weighted by Gasteiger charge is -2.09. The zero-order valence-electron chi connectivity index (χ0n) is 9.84. The second-order valence-corrected chi connectivity index (χ2v) is 4.67. The molecule has 0 aromatic heterocycles. The molecular weight excluding hydrogens is 291 g/mol. The van der Waals surface area contributed by atoms with Crippen molar-refractivity contribution in [2.24, 2.45) is 5.73 Å². The van der Waals surface area contributed by atoms with E-state index in [0.29, 0.717) is 10.5 Å². The third-order valence-electron chi connectivity index (χ3n) is 2.39. The summed E-state index contributed by atoms with van der Waals surface area (Å²) >= 11 is 0.870. The van der Waals surface area contributed by atoms with E-state index < -0.39 is 0 Å². The quantitative estimate of drug-likeness (QED) is 0.870. The Labute approximate surface area is 120 Å². The molecule has 1 aromatic rings. The Morgan fingerprint density at radius 1 is 1.26 bits per heavy atom. The van der Waals surface area contributed by atoms with Crippen LogP contribution >= 0.6 is 24.2 Å². The van der Waals surface area contributed by atoms with Crippen LogP contribution in [-0.4, -0.2) is 29.1 Å². The summed E-state index contributed by atoms with van der Waals surface area (Å²) in [5.41, 5.74) is 6.01. The van der Waals surface area contributed by atoms with Crippen LogP contribution < -0.4 is 5.73 Å². The van der Waals surface area contributed by atoms with Crippen molar-refractivity contribution in [3.05, 3.63) is 40.6 Å². The molecule has 1 heterocycles. The van der Waals surface area contributed by atoms with Crippen molar-refractivity contribution >= 4 is 41.4 Å². The number of imide groups is 1. The molecule has 102 valence electrons. The smallest absolute Gasteiger partial charge is 0.293 e. The first-order valence-electron chi connectivity index (χ1n) is 5.33. The van der Waals surface area contributed by atoms with Gasteiger partial charge >= 0.3 is 0 Å².